The van der Waals surface area contributed by atoms with E-state index >= 15 is 0 Å². The second-order valence-corrected chi connectivity index (χ2v) is 5.42. The van der Waals surface area contributed by atoms with Crippen molar-refractivity contribution in [3.63, 3.8) is 0 Å². The first kappa shape index (κ1) is 13.9. The maximum Gasteiger partial charge on any atom is 0.177 e. The van der Waals surface area contributed by atoms with Gasteiger partial charge in [-0.25, -0.2) is 0 Å². The fraction of sp³-hybridized carbons (Fsp3) is 0.917. The summed E-state index contributed by atoms with van der Waals surface area (Å²) in [5, 5.41) is 47.8. The van der Waals surface area contributed by atoms with Crippen LogP contribution in [-0.4, -0.2) is 61.8 Å². The van der Waals surface area contributed by atoms with Crippen LogP contribution in [-0.2, 0) is 4.79 Å². The second kappa shape index (κ2) is 4.54. The molecular formula is C12H20O6. The Morgan fingerprint density at radius 2 is 1.67 bits per heavy atom. The van der Waals surface area contributed by atoms with Crippen molar-refractivity contribution in [1.82, 2.24) is 0 Å². The van der Waals surface area contributed by atoms with Gasteiger partial charge in [0, 0.05) is 0 Å². The Kier molecular flexibility index (Phi) is 3.50. The van der Waals surface area contributed by atoms with Crippen molar-refractivity contribution in [2.45, 2.75) is 56.0 Å². The number of ketones is 1. The number of aliphatic hydroxyl groups is 5. The molecule has 0 aromatic rings. The van der Waals surface area contributed by atoms with E-state index in [1.807, 2.05) is 0 Å². The van der Waals surface area contributed by atoms with E-state index in [2.05, 4.69) is 0 Å². The van der Waals surface area contributed by atoms with Crippen LogP contribution in [0.15, 0.2) is 0 Å². The maximum atomic E-state index is 11.9. The minimum absolute atomic E-state index is 0.452. The van der Waals surface area contributed by atoms with Crippen molar-refractivity contribution >= 4 is 5.78 Å². The third kappa shape index (κ3) is 1.64. The van der Waals surface area contributed by atoms with Crippen molar-refractivity contribution in [1.29, 1.82) is 0 Å². The van der Waals surface area contributed by atoms with E-state index in [0.717, 1.165) is 19.3 Å². The van der Waals surface area contributed by atoms with E-state index < -0.39 is 41.7 Å². The standard InChI is InChI=1S/C12H20O6/c13-6-7(14)8(15)9(16)12(18)10(17)11(12)4-2-1-3-5-11/h7-9,13-16,18H,1-6H2/t7-,8-,9+,12-/m1/s1. The molecule has 5 N–H and O–H groups in total. The molecule has 6 nitrogen and oxygen atoms in total. The average Bonchev–Trinajstić information content (AvgIpc) is 2.85. The van der Waals surface area contributed by atoms with Gasteiger partial charge in [-0.15, -0.1) is 0 Å². The van der Waals surface area contributed by atoms with E-state index in [4.69, 9.17) is 5.11 Å². The van der Waals surface area contributed by atoms with Gasteiger partial charge in [0.1, 0.15) is 18.3 Å². The van der Waals surface area contributed by atoms with Gasteiger partial charge in [-0.3, -0.25) is 4.79 Å². The molecule has 2 aliphatic rings. The number of carbonyl (C=O) groups is 1. The summed E-state index contributed by atoms with van der Waals surface area (Å²) >= 11 is 0. The molecule has 4 atom stereocenters. The Hall–Kier alpha value is -0.530. The lowest BCUT2D eigenvalue weighted by molar-refractivity contribution is -0.144. The predicted octanol–water partition coefficient (Wildman–Crippen LogP) is -1.67. The number of Topliss-reactive ketones (excluding diaryl/α,β-unsaturated/α-hetero) is 1. The van der Waals surface area contributed by atoms with Crippen molar-refractivity contribution in [3.05, 3.63) is 0 Å². The summed E-state index contributed by atoms with van der Waals surface area (Å²) in [7, 11) is 0. The van der Waals surface area contributed by atoms with Gasteiger partial charge in [0.15, 0.2) is 11.4 Å². The van der Waals surface area contributed by atoms with E-state index in [1.165, 1.54) is 0 Å². The smallest absolute Gasteiger partial charge is 0.177 e. The predicted molar refractivity (Wildman–Crippen MR) is 60.6 cm³/mol. The Bertz CT molecular complexity index is 337. The van der Waals surface area contributed by atoms with E-state index in [9.17, 15) is 25.2 Å². The first-order chi connectivity index (χ1) is 8.41. The highest BCUT2D eigenvalue weighted by atomic mass is 16.4. The molecule has 0 saturated heterocycles. The molecule has 0 aromatic carbocycles. The average molecular weight is 260 g/mol. The molecular weight excluding hydrogens is 240 g/mol. The zero-order chi connectivity index (χ0) is 13.6. The summed E-state index contributed by atoms with van der Waals surface area (Å²) < 4.78 is 0. The summed E-state index contributed by atoms with van der Waals surface area (Å²) in [5.74, 6) is -0.452. The summed E-state index contributed by atoms with van der Waals surface area (Å²) in [5.41, 5.74) is -2.93. The Morgan fingerprint density at radius 1 is 1.11 bits per heavy atom. The molecule has 0 aliphatic heterocycles. The lowest BCUT2D eigenvalue weighted by atomic mass is 9.81. The van der Waals surface area contributed by atoms with Crippen LogP contribution in [0.2, 0.25) is 0 Å². The molecule has 0 unspecified atom stereocenters. The summed E-state index contributed by atoms with van der Waals surface area (Å²) in [6, 6.07) is 0. The molecule has 0 amide bonds. The van der Waals surface area contributed by atoms with Crippen molar-refractivity contribution in [2.75, 3.05) is 6.61 Å². The molecule has 0 aromatic heterocycles. The number of rotatable bonds is 4. The molecule has 0 heterocycles. The molecule has 1 spiro atoms. The summed E-state index contributed by atoms with van der Waals surface area (Å²) in [6.45, 7) is -0.741. The number of hydrogen-bond acceptors (Lipinski definition) is 6. The highest BCUT2D eigenvalue weighted by molar-refractivity contribution is 6.12. The Labute approximate surface area is 105 Å². The fourth-order valence-corrected chi connectivity index (χ4v) is 3.23. The lowest BCUT2D eigenvalue weighted by Gasteiger charge is -2.30. The van der Waals surface area contributed by atoms with E-state index in [-0.39, 0.29) is 0 Å². The monoisotopic (exact) mass is 260 g/mol. The molecule has 6 heteroatoms. The largest absolute Gasteiger partial charge is 0.394 e. The van der Waals surface area contributed by atoms with Crippen LogP contribution in [0.4, 0.5) is 0 Å². The summed E-state index contributed by atoms with van der Waals surface area (Å²) in [4.78, 5) is 11.9. The fourth-order valence-electron chi connectivity index (χ4n) is 3.23. The number of hydrogen-bond donors (Lipinski definition) is 5. The van der Waals surface area contributed by atoms with Crippen LogP contribution < -0.4 is 0 Å². The van der Waals surface area contributed by atoms with Gasteiger partial charge in [0.2, 0.25) is 0 Å². The highest BCUT2D eigenvalue weighted by Crippen LogP contribution is 2.62. The molecule has 18 heavy (non-hydrogen) atoms. The van der Waals surface area contributed by atoms with Crippen molar-refractivity contribution < 1.29 is 30.3 Å². The van der Waals surface area contributed by atoms with Gasteiger partial charge in [0.25, 0.3) is 0 Å². The minimum Gasteiger partial charge on any atom is -0.394 e. The van der Waals surface area contributed by atoms with Crippen LogP contribution in [0, 0.1) is 5.41 Å². The third-order valence-corrected chi connectivity index (χ3v) is 4.49. The van der Waals surface area contributed by atoms with Gasteiger partial charge < -0.3 is 25.5 Å². The van der Waals surface area contributed by atoms with E-state index in [0.29, 0.717) is 12.8 Å². The number of aliphatic hydroxyl groups excluding tert-OH is 4. The van der Waals surface area contributed by atoms with Crippen LogP contribution >= 0.6 is 0 Å². The van der Waals surface area contributed by atoms with Gasteiger partial charge in [0.05, 0.1) is 12.0 Å². The molecule has 104 valence electrons. The first-order valence-electron chi connectivity index (χ1n) is 6.34. The summed E-state index contributed by atoms with van der Waals surface area (Å²) in [6.07, 6.45) is -1.46. The second-order valence-electron chi connectivity index (χ2n) is 5.42. The Balaban J connectivity index is 2.15. The molecule has 0 bridgehead atoms. The van der Waals surface area contributed by atoms with Gasteiger partial charge >= 0.3 is 0 Å². The van der Waals surface area contributed by atoms with Crippen molar-refractivity contribution in [2.24, 2.45) is 5.41 Å². The topological polar surface area (TPSA) is 118 Å². The molecule has 2 rings (SSSR count). The van der Waals surface area contributed by atoms with Gasteiger partial charge in [-0.1, -0.05) is 19.3 Å². The van der Waals surface area contributed by atoms with Crippen LogP contribution in [0.1, 0.15) is 32.1 Å². The van der Waals surface area contributed by atoms with E-state index in [1.54, 1.807) is 0 Å². The number of carbonyl (C=O) groups excluding carboxylic acids is 1. The maximum absolute atomic E-state index is 11.9. The zero-order valence-corrected chi connectivity index (χ0v) is 10.1. The SMILES string of the molecule is O=C1C2(CCCCC2)[C@@]1(O)[C@@H](O)[C@H](O)[C@H](O)CO. The first-order valence-corrected chi connectivity index (χ1v) is 6.34. The van der Waals surface area contributed by atoms with Crippen LogP contribution in [0.25, 0.3) is 0 Å². The third-order valence-electron chi connectivity index (χ3n) is 4.49. The van der Waals surface area contributed by atoms with Gasteiger partial charge in [-0.05, 0) is 12.8 Å². The minimum atomic E-state index is -1.97. The van der Waals surface area contributed by atoms with Gasteiger partial charge in [-0.2, -0.15) is 0 Å². The lowest BCUT2D eigenvalue weighted by Crippen LogP contribution is -2.50. The van der Waals surface area contributed by atoms with Crippen LogP contribution in [0.3, 0.4) is 0 Å². The molecule has 0 radical (unpaired) electrons. The highest BCUT2D eigenvalue weighted by Gasteiger charge is 2.80. The molecule has 2 fully saturated rings. The Morgan fingerprint density at radius 3 is 2.17 bits per heavy atom. The molecule has 2 aliphatic carbocycles. The molecule has 2 saturated carbocycles. The normalized spacial score (nSPS) is 35.3. The quantitative estimate of drug-likeness (QED) is 0.412. The van der Waals surface area contributed by atoms with Crippen molar-refractivity contribution in [3.8, 4) is 0 Å². The van der Waals surface area contributed by atoms with Crippen LogP contribution in [0.5, 0.6) is 0 Å². The zero-order valence-electron chi connectivity index (χ0n) is 10.1.